The van der Waals surface area contributed by atoms with E-state index >= 15 is 0 Å². The van der Waals surface area contributed by atoms with Crippen molar-refractivity contribution in [3.63, 3.8) is 0 Å². The first kappa shape index (κ1) is 19.7. The summed E-state index contributed by atoms with van der Waals surface area (Å²) >= 11 is 0. The number of hydrogen-bond donors (Lipinski definition) is 0. The van der Waals surface area contributed by atoms with Gasteiger partial charge in [-0.25, -0.2) is 4.79 Å². The van der Waals surface area contributed by atoms with Gasteiger partial charge in [0.25, 0.3) is 0 Å². The van der Waals surface area contributed by atoms with Gasteiger partial charge in [0, 0.05) is 7.11 Å². The minimum atomic E-state index is -0.222. The summed E-state index contributed by atoms with van der Waals surface area (Å²) < 4.78 is 10.9. The fourth-order valence-electron chi connectivity index (χ4n) is 2.71. The van der Waals surface area contributed by atoms with Crippen molar-refractivity contribution in [1.82, 2.24) is 0 Å². The van der Waals surface area contributed by atoms with Gasteiger partial charge in [0.15, 0.2) is 0 Å². The first-order chi connectivity index (χ1) is 11.1. The van der Waals surface area contributed by atoms with Crippen LogP contribution >= 0.6 is 0 Å². The van der Waals surface area contributed by atoms with E-state index in [1.165, 1.54) is 12.8 Å². The Hall–Kier alpha value is -1.35. The molecular weight excluding hydrogens is 288 g/mol. The van der Waals surface area contributed by atoms with E-state index in [9.17, 15) is 4.79 Å². The van der Waals surface area contributed by atoms with Crippen LogP contribution in [0, 0.1) is 5.92 Å². The van der Waals surface area contributed by atoms with Crippen LogP contribution in [0.1, 0.15) is 68.8 Å². The van der Waals surface area contributed by atoms with E-state index in [4.69, 9.17) is 9.47 Å². The summed E-state index contributed by atoms with van der Waals surface area (Å²) in [6.07, 6.45) is 6.07. The fraction of sp³-hybridized carbons (Fsp3) is 0.650. The molecule has 0 radical (unpaired) electrons. The molecule has 130 valence electrons. The number of carbonyl (C=O) groups excluding carboxylic acids is 1. The summed E-state index contributed by atoms with van der Waals surface area (Å²) in [7, 11) is 1.65. The second kappa shape index (κ2) is 11.2. The van der Waals surface area contributed by atoms with E-state index in [1.807, 2.05) is 24.3 Å². The molecule has 0 aliphatic heterocycles. The molecule has 0 aliphatic rings. The van der Waals surface area contributed by atoms with Crippen LogP contribution in [0.5, 0.6) is 0 Å². The fourth-order valence-corrected chi connectivity index (χ4v) is 2.71. The number of hydrogen-bond acceptors (Lipinski definition) is 3. The third-order valence-electron chi connectivity index (χ3n) is 3.94. The van der Waals surface area contributed by atoms with Gasteiger partial charge < -0.3 is 9.47 Å². The number of methoxy groups -OCH3 is 1. The van der Waals surface area contributed by atoms with E-state index in [2.05, 4.69) is 20.8 Å². The number of esters is 1. The average Bonchev–Trinajstić information content (AvgIpc) is 2.52. The molecule has 0 aromatic heterocycles. The zero-order chi connectivity index (χ0) is 17.1. The molecule has 0 saturated heterocycles. The summed E-state index contributed by atoms with van der Waals surface area (Å²) in [5, 5.41) is 0. The van der Waals surface area contributed by atoms with Gasteiger partial charge in [0.2, 0.25) is 0 Å². The summed E-state index contributed by atoms with van der Waals surface area (Å²) in [5.41, 5.74) is 1.76. The van der Waals surface area contributed by atoms with Crippen molar-refractivity contribution < 1.29 is 14.3 Å². The summed E-state index contributed by atoms with van der Waals surface area (Å²) in [6.45, 7) is 7.04. The summed E-state index contributed by atoms with van der Waals surface area (Å²) in [6, 6.07) is 7.73. The Balaban J connectivity index is 2.59. The monoisotopic (exact) mass is 320 g/mol. The third kappa shape index (κ3) is 7.65. The second-order valence-corrected chi connectivity index (χ2v) is 6.57. The molecule has 1 unspecified atom stereocenters. The number of benzene rings is 1. The largest absolute Gasteiger partial charge is 0.456 e. The smallest absolute Gasteiger partial charge is 0.338 e. The SMILES string of the molecule is CCCc1ccccc1C(=O)OC(CCCCC(C)C)COC. The van der Waals surface area contributed by atoms with Crippen LogP contribution < -0.4 is 0 Å². The molecule has 23 heavy (non-hydrogen) atoms. The maximum Gasteiger partial charge on any atom is 0.338 e. The molecule has 1 atom stereocenters. The topological polar surface area (TPSA) is 35.5 Å². The molecule has 0 bridgehead atoms. The maximum atomic E-state index is 12.5. The number of aryl methyl sites for hydroxylation is 1. The van der Waals surface area contributed by atoms with Crippen molar-refractivity contribution in [1.29, 1.82) is 0 Å². The van der Waals surface area contributed by atoms with Gasteiger partial charge in [-0.15, -0.1) is 0 Å². The maximum absolute atomic E-state index is 12.5. The highest BCUT2D eigenvalue weighted by Crippen LogP contribution is 2.16. The van der Waals surface area contributed by atoms with E-state index in [1.54, 1.807) is 7.11 Å². The summed E-state index contributed by atoms with van der Waals surface area (Å²) in [5.74, 6) is 0.499. The minimum Gasteiger partial charge on any atom is -0.456 e. The Kier molecular flexibility index (Phi) is 9.61. The quantitative estimate of drug-likeness (QED) is 0.424. The molecule has 3 nitrogen and oxygen atoms in total. The molecular formula is C20H32O3. The van der Waals surface area contributed by atoms with Crippen molar-refractivity contribution in [2.24, 2.45) is 5.92 Å². The normalized spacial score (nSPS) is 12.4. The lowest BCUT2D eigenvalue weighted by atomic mass is 10.0. The van der Waals surface area contributed by atoms with E-state index in [-0.39, 0.29) is 12.1 Å². The van der Waals surface area contributed by atoms with Gasteiger partial charge in [-0.3, -0.25) is 0 Å². The lowest BCUT2D eigenvalue weighted by molar-refractivity contribution is 0.00221. The van der Waals surface area contributed by atoms with Crippen LogP contribution in [0.4, 0.5) is 0 Å². The third-order valence-corrected chi connectivity index (χ3v) is 3.94. The molecule has 3 heteroatoms. The van der Waals surface area contributed by atoms with Crippen molar-refractivity contribution >= 4 is 5.97 Å². The second-order valence-electron chi connectivity index (χ2n) is 6.57. The Morgan fingerprint density at radius 1 is 1.13 bits per heavy atom. The number of rotatable bonds is 11. The zero-order valence-electron chi connectivity index (χ0n) is 15.1. The highest BCUT2D eigenvalue weighted by atomic mass is 16.6. The molecule has 0 spiro atoms. The molecule has 1 aromatic carbocycles. The minimum absolute atomic E-state index is 0.158. The first-order valence-corrected chi connectivity index (χ1v) is 8.86. The zero-order valence-corrected chi connectivity index (χ0v) is 15.1. The molecule has 0 N–H and O–H groups in total. The number of ether oxygens (including phenoxy) is 2. The lowest BCUT2D eigenvalue weighted by Gasteiger charge is -2.18. The predicted molar refractivity (Wildman–Crippen MR) is 94.8 cm³/mol. The number of unbranched alkanes of at least 4 members (excludes halogenated alkanes) is 1. The van der Waals surface area contributed by atoms with Crippen LogP contribution in [0.15, 0.2) is 24.3 Å². The van der Waals surface area contributed by atoms with Gasteiger partial charge in [-0.1, -0.05) is 58.2 Å². The molecule has 1 rings (SSSR count). The lowest BCUT2D eigenvalue weighted by Crippen LogP contribution is -2.24. The molecule has 0 heterocycles. The number of carbonyl (C=O) groups is 1. The molecule has 0 amide bonds. The van der Waals surface area contributed by atoms with Crippen LogP contribution in [0.3, 0.4) is 0 Å². The highest BCUT2D eigenvalue weighted by Gasteiger charge is 2.18. The van der Waals surface area contributed by atoms with Gasteiger partial charge in [0.1, 0.15) is 6.10 Å². The van der Waals surface area contributed by atoms with Gasteiger partial charge in [0.05, 0.1) is 12.2 Å². The van der Waals surface area contributed by atoms with Crippen molar-refractivity contribution in [3.8, 4) is 0 Å². The molecule has 0 fully saturated rings. The van der Waals surface area contributed by atoms with E-state index in [0.717, 1.165) is 37.2 Å². The first-order valence-electron chi connectivity index (χ1n) is 8.86. The van der Waals surface area contributed by atoms with E-state index < -0.39 is 0 Å². The highest BCUT2D eigenvalue weighted by molar-refractivity contribution is 5.91. The Bertz CT molecular complexity index is 454. The molecule has 0 aliphatic carbocycles. The summed E-state index contributed by atoms with van der Waals surface area (Å²) in [4.78, 5) is 12.5. The molecule has 1 aromatic rings. The Morgan fingerprint density at radius 2 is 1.83 bits per heavy atom. The van der Waals surface area contributed by atoms with Crippen molar-refractivity contribution in [3.05, 3.63) is 35.4 Å². The van der Waals surface area contributed by atoms with Gasteiger partial charge in [-0.2, -0.15) is 0 Å². The van der Waals surface area contributed by atoms with Crippen LogP contribution in [-0.2, 0) is 15.9 Å². The molecule has 0 saturated carbocycles. The Labute approximate surface area is 141 Å². The van der Waals surface area contributed by atoms with Crippen LogP contribution in [-0.4, -0.2) is 25.8 Å². The van der Waals surface area contributed by atoms with E-state index in [0.29, 0.717) is 12.2 Å². The van der Waals surface area contributed by atoms with Crippen molar-refractivity contribution in [2.75, 3.05) is 13.7 Å². The Morgan fingerprint density at radius 3 is 2.48 bits per heavy atom. The van der Waals surface area contributed by atoms with Crippen LogP contribution in [0.25, 0.3) is 0 Å². The average molecular weight is 320 g/mol. The van der Waals surface area contributed by atoms with Gasteiger partial charge >= 0.3 is 5.97 Å². The van der Waals surface area contributed by atoms with Crippen LogP contribution in [0.2, 0.25) is 0 Å². The van der Waals surface area contributed by atoms with Crippen molar-refractivity contribution in [2.45, 2.75) is 65.4 Å². The predicted octanol–water partition coefficient (Wildman–Crippen LogP) is 5.03. The van der Waals surface area contributed by atoms with Gasteiger partial charge in [-0.05, 0) is 36.8 Å². The standard InChI is InChI=1S/C20H32O3/c1-5-10-17-12-7-9-14-19(17)20(21)23-18(15-22-4)13-8-6-11-16(2)3/h7,9,12,14,16,18H,5-6,8,10-11,13,15H2,1-4H3.